The van der Waals surface area contributed by atoms with Gasteiger partial charge in [-0.1, -0.05) is 48.9 Å². The molecule has 1 aliphatic rings. The lowest BCUT2D eigenvalue weighted by molar-refractivity contribution is 0.942. The van der Waals surface area contributed by atoms with E-state index in [0.717, 1.165) is 6.42 Å². The van der Waals surface area contributed by atoms with Crippen LogP contribution < -0.4 is 0 Å². The summed E-state index contributed by atoms with van der Waals surface area (Å²) in [6.45, 7) is 4.48. The minimum absolute atomic E-state index is 1.14. The maximum absolute atomic E-state index is 2.37. The molecule has 0 aliphatic heterocycles. The minimum atomic E-state index is 1.14. The SMILES string of the molecule is CCC1=C(c2ccccc2)CCC(C)=C1. The van der Waals surface area contributed by atoms with E-state index in [9.17, 15) is 0 Å². The monoisotopic (exact) mass is 198 g/mol. The fourth-order valence-electron chi connectivity index (χ4n) is 2.22. The summed E-state index contributed by atoms with van der Waals surface area (Å²) in [6.07, 6.45) is 5.93. The number of rotatable bonds is 2. The molecule has 0 bridgehead atoms. The number of allylic oxidation sites excluding steroid dienone is 4. The lowest BCUT2D eigenvalue weighted by Gasteiger charge is -2.18. The zero-order valence-electron chi connectivity index (χ0n) is 9.59. The molecule has 1 aromatic rings. The van der Waals surface area contributed by atoms with Gasteiger partial charge in [0.15, 0.2) is 0 Å². The van der Waals surface area contributed by atoms with Crippen LogP contribution in [0.25, 0.3) is 5.57 Å². The van der Waals surface area contributed by atoms with E-state index in [1.807, 2.05) is 0 Å². The predicted molar refractivity (Wildman–Crippen MR) is 66.6 cm³/mol. The summed E-state index contributed by atoms with van der Waals surface area (Å²) >= 11 is 0. The van der Waals surface area contributed by atoms with E-state index in [0.29, 0.717) is 0 Å². The normalized spacial score (nSPS) is 16.5. The first-order valence-electron chi connectivity index (χ1n) is 5.76. The van der Waals surface area contributed by atoms with Crippen molar-refractivity contribution in [2.45, 2.75) is 33.1 Å². The van der Waals surface area contributed by atoms with Crippen molar-refractivity contribution in [3.05, 3.63) is 53.1 Å². The number of hydrogen-bond acceptors (Lipinski definition) is 0. The van der Waals surface area contributed by atoms with E-state index < -0.39 is 0 Å². The van der Waals surface area contributed by atoms with Crippen molar-refractivity contribution in [3.8, 4) is 0 Å². The van der Waals surface area contributed by atoms with E-state index in [1.54, 1.807) is 5.57 Å². The molecule has 0 saturated carbocycles. The standard InChI is InChI=1S/C15H18/c1-3-13-11-12(2)9-10-15(13)14-7-5-4-6-8-14/h4-8,11H,3,9-10H2,1-2H3. The third-order valence-electron chi connectivity index (χ3n) is 3.08. The molecule has 0 N–H and O–H groups in total. The lowest BCUT2D eigenvalue weighted by atomic mass is 9.87. The van der Waals surface area contributed by atoms with Gasteiger partial charge in [-0.25, -0.2) is 0 Å². The van der Waals surface area contributed by atoms with E-state index in [2.05, 4.69) is 50.3 Å². The minimum Gasteiger partial charge on any atom is -0.0727 e. The Morgan fingerprint density at radius 3 is 2.47 bits per heavy atom. The smallest absolute Gasteiger partial charge is 0.0222 e. The lowest BCUT2D eigenvalue weighted by Crippen LogP contribution is -1.97. The molecule has 0 unspecified atom stereocenters. The van der Waals surface area contributed by atoms with Crippen LogP contribution in [-0.2, 0) is 0 Å². The fraction of sp³-hybridized carbons (Fsp3) is 0.333. The van der Waals surface area contributed by atoms with Gasteiger partial charge in [-0.3, -0.25) is 0 Å². The van der Waals surface area contributed by atoms with Gasteiger partial charge in [0.1, 0.15) is 0 Å². The predicted octanol–water partition coefficient (Wildman–Crippen LogP) is 4.59. The maximum atomic E-state index is 2.37. The molecular weight excluding hydrogens is 180 g/mol. The van der Waals surface area contributed by atoms with Crippen molar-refractivity contribution in [1.29, 1.82) is 0 Å². The fourth-order valence-corrected chi connectivity index (χ4v) is 2.22. The largest absolute Gasteiger partial charge is 0.0727 e. The molecule has 0 heterocycles. The molecule has 0 aromatic heterocycles. The third kappa shape index (κ3) is 2.20. The zero-order valence-corrected chi connectivity index (χ0v) is 9.59. The van der Waals surface area contributed by atoms with Crippen molar-refractivity contribution in [3.63, 3.8) is 0 Å². The van der Waals surface area contributed by atoms with Gasteiger partial charge >= 0.3 is 0 Å². The Hall–Kier alpha value is -1.30. The Labute approximate surface area is 92.3 Å². The highest BCUT2D eigenvalue weighted by Crippen LogP contribution is 2.32. The van der Waals surface area contributed by atoms with Gasteiger partial charge in [0, 0.05) is 0 Å². The molecule has 0 heteroatoms. The third-order valence-corrected chi connectivity index (χ3v) is 3.08. The van der Waals surface area contributed by atoms with Crippen LogP contribution in [0.4, 0.5) is 0 Å². The van der Waals surface area contributed by atoms with Crippen LogP contribution in [0.3, 0.4) is 0 Å². The number of hydrogen-bond donors (Lipinski definition) is 0. The maximum Gasteiger partial charge on any atom is -0.0222 e. The van der Waals surface area contributed by atoms with E-state index >= 15 is 0 Å². The average molecular weight is 198 g/mol. The Morgan fingerprint density at radius 2 is 1.80 bits per heavy atom. The molecule has 0 fully saturated rings. The van der Waals surface area contributed by atoms with Gasteiger partial charge in [-0.05, 0) is 42.9 Å². The molecule has 15 heavy (non-hydrogen) atoms. The van der Waals surface area contributed by atoms with Gasteiger partial charge in [0.25, 0.3) is 0 Å². The van der Waals surface area contributed by atoms with Crippen LogP contribution in [0.5, 0.6) is 0 Å². The van der Waals surface area contributed by atoms with Crippen molar-refractivity contribution >= 4 is 5.57 Å². The molecule has 0 saturated heterocycles. The molecule has 0 atom stereocenters. The summed E-state index contributed by atoms with van der Waals surface area (Å²) in [5.41, 5.74) is 5.98. The highest BCUT2D eigenvalue weighted by molar-refractivity contribution is 5.72. The first kappa shape index (κ1) is 10.2. The Balaban J connectivity index is 2.43. The Bertz CT molecular complexity index is 393. The molecule has 0 spiro atoms. The van der Waals surface area contributed by atoms with Gasteiger partial charge in [0.05, 0.1) is 0 Å². The summed E-state index contributed by atoms with van der Waals surface area (Å²) in [4.78, 5) is 0. The molecule has 1 aliphatic carbocycles. The van der Waals surface area contributed by atoms with Crippen LogP contribution in [-0.4, -0.2) is 0 Å². The van der Waals surface area contributed by atoms with Crippen molar-refractivity contribution in [1.82, 2.24) is 0 Å². The van der Waals surface area contributed by atoms with Gasteiger partial charge in [-0.15, -0.1) is 0 Å². The summed E-state index contributed by atoms with van der Waals surface area (Å²) in [6, 6.07) is 10.8. The van der Waals surface area contributed by atoms with E-state index in [-0.39, 0.29) is 0 Å². The molecular formula is C15H18. The average Bonchev–Trinajstić information content (AvgIpc) is 2.30. The quantitative estimate of drug-likeness (QED) is 0.652. The highest BCUT2D eigenvalue weighted by atomic mass is 14.2. The Kier molecular flexibility index (Phi) is 3.05. The molecule has 1 aromatic carbocycles. The molecule has 78 valence electrons. The second kappa shape index (κ2) is 4.48. The van der Waals surface area contributed by atoms with Gasteiger partial charge in [0.2, 0.25) is 0 Å². The highest BCUT2D eigenvalue weighted by Gasteiger charge is 2.11. The van der Waals surface area contributed by atoms with E-state index in [4.69, 9.17) is 0 Å². The summed E-state index contributed by atoms with van der Waals surface area (Å²) < 4.78 is 0. The first-order chi connectivity index (χ1) is 7.31. The van der Waals surface area contributed by atoms with Gasteiger partial charge in [-0.2, -0.15) is 0 Å². The van der Waals surface area contributed by atoms with E-state index in [1.165, 1.54) is 29.6 Å². The van der Waals surface area contributed by atoms with Crippen LogP contribution in [0.15, 0.2) is 47.6 Å². The molecule has 0 amide bonds. The zero-order chi connectivity index (χ0) is 10.7. The van der Waals surface area contributed by atoms with Gasteiger partial charge < -0.3 is 0 Å². The summed E-state index contributed by atoms with van der Waals surface area (Å²) in [5, 5.41) is 0. The Morgan fingerprint density at radius 1 is 1.07 bits per heavy atom. The summed E-state index contributed by atoms with van der Waals surface area (Å²) in [5.74, 6) is 0. The van der Waals surface area contributed by atoms with Crippen LogP contribution in [0, 0.1) is 0 Å². The topological polar surface area (TPSA) is 0 Å². The molecule has 0 radical (unpaired) electrons. The van der Waals surface area contributed by atoms with Crippen LogP contribution in [0.2, 0.25) is 0 Å². The van der Waals surface area contributed by atoms with Crippen molar-refractivity contribution < 1.29 is 0 Å². The molecule has 2 rings (SSSR count). The second-order valence-electron chi connectivity index (χ2n) is 4.21. The first-order valence-corrected chi connectivity index (χ1v) is 5.76. The molecule has 0 nitrogen and oxygen atoms in total. The van der Waals surface area contributed by atoms with Crippen molar-refractivity contribution in [2.24, 2.45) is 0 Å². The second-order valence-corrected chi connectivity index (χ2v) is 4.21. The summed E-state index contributed by atoms with van der Waals surface area (Å²) in [7, 11) is 0. The number of benzene rings is 1. The van der Waals surface area contributed by atoms with Crippen molar-refractivity contribution in [2.75, 3.05) is 0 Å². The van der Waals surface area contributed by atoms with Crippen LogP contribution >= 0.6 is 0 Å². The van der Waals surface area contributed by atoms with Crippen LogP contribution in [0.1, 0.15) is 38.7 Å².